The molecule has 4 nitrogen and oxygen atoms in total. The van der Waals surface area contributed by atoms with Gasteiger partial charge in [-0.3, -0.25) is 0 Å². The van der Waals surface area contributed by atoms with E-state index in [-0.39, 0.29) is 11.5 Å². The van der Waals surface area contributed by atoms with Gasteiger partial charge in [-0.05, 0) is 29.8 Å². The Balaban J connectivity index is 2.24. The first kappa shape index (κ1) is 11.8. The van der Waals surface area contributed by atoms with Crippen molar-refractivity contribution in [3.63, 3.8) is 0 Å². The number of nitriles is 1. The summed E-state index contributed by atoms with van der Waals surface area (Å²) >= 11 is 0. The topological polar surface area (TPSA) is 76.3 Å². The van der Waals surface area contributed by atoms with Gasteiger partial charge >= 0.3 is 0 Å². The summed E-state index contributed by atoms with van der Waals surface area (Å²) in [5, 5.41) is 30.8. The largest absolute Gasteiger partial charge is 0.504 e. The third-order valence-electron chi connectivity index (χ3n) is 2.55. The Morgan fingerprint density at radius 1 is 1.00 bits per heavy atom. The third-order valence-corrected chi connectivity index (χ3v) is 2.55. The Labute approximate surface area is 105 Å². The number of anilines is 1. The van der Waals surface area contributed by atoms with Crippen LogP contribution < -0.4 is 5.32 Å². The second-order valence-corrected chi connectivity index (χ2v) is 3.82. The first-order valence-electron chi connectivity index (χ1n) is 5.44. The summed E-state index contributed by atoms with van der Waals surface area (Å²) in [5.74, 6) is -0.433. The number of nitrogens with zero attached hydrogens (tertiary/aromatic N) is 1. The zero-order valence-electron chi connectivity index (χ0n) is 9.54. The lowest BCUT2D eigenvalue weighted by Crippen LogP contribution is -2.08. The number of benzene rings is 2. The van der Waals surface area contributed by atoms with E-state index in [1.54, 1.807) is 6.07 Å². The molecule has 90 valence electrons. The average molecular weight is 240 g/mol. The highest BCUT2D eigenvalue weighted by Crippen LogP contribution is 2.29. The molecule has 0 radical (unpaired) electrons. The lowest BCUT2D eigenvalue weighted by atomic mass is 10.1. The van der Waals surface area contributed by atoms with Crippen molar-refractivity contribution in [1.82, 2.24) is 0 Å². The number of phenolic OH excluding ortho intramolecular Hbond substituents is 2. The molecule has 2 aromatic rings. The summed E-state index contributed by atoms with van der Waals surface area (Å²) in [6.07, 6.45) is 0. The predicted octanol–water partition coefficient (Wildman–Crippen LogP) is 2.77. The first-order chi connectivity index (χ1) is 8.70. The normalized spacial score (nSPS) is 11.5. The summed E-state index contributed by atoms with van der Waals surface area (Å²) in [7, 11) is 0. The molecule has 0 aliphatic carbocycles. The van der Waals surface area contributed by atoms with Crippen molar-refractivity contribution in [2.75, 3.05) is 5.32 Å². The van der Waals surface area contributed by atoms with Crippen LogP contribution in [-0.4, -0.2) is 10.2 Å². The molecule has 2 rings (SSSR count). The van der Waals surface area contributed by atoms with E-state index in [0.29, 0.717) is 5.56 Å². The van der Waals surface area contributed by atoms with Crippen LogP contribution >= 0.6 is 0 Å². The van der Waals surface area contributed by atoms with Crippen LogP contribution in [0.5, 0.6) is 11.5 Å². The van der Waals surface area contributed by atoms with Crippen LogP contribution in [0.3, 0.4) is 0 Å². The molecule has 2 aromatic carbocycles. The third kappa shape index (κ3) is 2.53. The van der Waals surface area contributed by atoms with Crippen molar-refractivity contribution in [2.24, 2.45) is 0 Å². The Bertz CT molecular complexity index is 576. The summed E-state index contributed by atoms with van der Waals surface area (Å²) in [6, 6.07) is 15.2. The number of phenols is 2. The highest BCUT2D eigenvalue weighted by atomic mass is 16.3. The van der Waals surface area contributed by atoms with Crippen molar-refractivity contribution in [1.29, 1.82) is 5.26 Å². The van der Waals surface area contributed by atoms with Crippen molar-refractivity contribution < 1.29 is 10.2 Å². The minimum Gasteiger partial charge on any atom is -0.504 e. The molecular weight excluding hydrogens is 228 g/mol. The first-order valence-corrected chi connectivity index (χ1v) is 5.44. The number of rotatable bonds is 3. The maximum absolute atomic E-state index is 9.42. The fraction of sp³-hybridized carbons (Fsp3) is 0.0714. The number of para-hydroxylation sites is 1. The fourth-order valence-electron chi connectivity index (χ4n) is 1.61. The van der Waals surface area contributed by atoms with E-state index in [1.165, 1.54) is 12.1 Å². The second kappa shape index (κ2) is 5.11. The van der Waals surface area contributed by atoms with E-state index >= 15 is 0 Å². The predicted molar refractivity (Wildman–Crippen MR) is 68.2 cm³/mol. The standard InChI is InChI=1S/C14H12N2O2/c15-9-12(16-11-4-2-1-3-5-11)10-6-7-13(17)14(18)8-10/h1-8,12,16-18H. The van der Waals surface area contributed by atoms with Crippen molar-refractivity contribution >= 4 is 5.69 Å². The van der Waals surface area contributed by atoms with Crippen LogP contribution in [0.1, 0.15) is 11.6 Å². The molecule has 0 aliphatic rings. The minimum absolute atomic E-state index is 0.199. The van der Waals surface area contributed by atoms with Gasteiger partial charge in [-0.1, -0.05) is 24.3 Å². The summed E-state index contributed by atoms with van der Waals surface area (Å²) in [5.41, 5.74) is 1.41. The van der Waals surface area contributed by atoms with Crippen molar-refractivity contribution in [2.45, 2.75) is 6.04 Å². The molecule has 0 amide bonds. The molecule has 0 fully saturated rings. The van der Waals surface area contributed by atoms with E-state index in [2.05, 4.69) is 11.4 Å². The number of hydrogen-bond acceptors (Lipinski definition) is 4. The SMILES string of the molecule is N#CC(Nc1ccccc1)c1ccc(O)c(O)c1. The van der Waals surface area contributed by atoms with Gasteiger partial charge in [0.15, 0.2) is 11.5 Å². The van der Waals surface area contributed by atoms with Gasteiger partial charge < -0.3 is 15.5 Å². The van der Waals surface area contributed by atoms with Crippen LogP contribution in [0.4, 0.5) is 5.69 Å². The van der Waals surface area contributed by atoms with E-state index in [9.17, 15) is 10.2 Å². The molecule has 1 unspecified atom stereocenters. The lowest BCUT2D eigenvalue weighted by molar-refractivity contribution is 0.403. The number of aromatic hydroxyl groups is 2. The van der Waals surface area contributed by atoms with Gasteiger partial charge in [0.1, 0.15) is 6.04 Å². The van der Waals surface area contributed by atoms with Gasteiger partial charge in [0.2, 0.25) is 0 Å². The number of hydrogen-bond donors (Lipinski definition) is 3. The van der Waals surface area contributed by atoms with Crippen LogP contribution in [0.25, 0.3) is 0 Å². The van der Waals surface area contributed by atoms with Gasteiger partial charge in [0, 0.05) is 5.69 Å². The Morgan fingerprint density at radius 2 is 1.72 bits per heavy atom. The fourth-order valence-corrected chi connectivity index (χ4v) is 1.61. The lowest BCUT2D eigenvalue weighted by Gasteiger charge is -2.13. The smallest absolute Gasteiger partial charge is 0.157 e. The Morgan fingerprint density at radius 3 is 2.33 bits per heavy atom. The summed E-state index contributed by atoms with van der Waals surface area (Å²) < 4.78 is 0. The molecule has 0 saturated carbocycles. The molecule has 1 atom stereocenters. The highest BCUT2D eigenvalue weighted by Gasteiger charge is 2.12. The molecule has 0 saturated heterocycles. The Hall–Kier alpha value is -2.67. The monoisotopic (exact) mass is 240 g/mol. The maximum Gasteiger partial charge on any atom is 0.157 e. The van der Waals surface area contributed by atoms with E-state index in [4.69, 9.17) is 5.26 Å². The highest BCUT2D eigenvalue weighted by molar-refractivity contribution is 5.49. The van der Waals surface area contributed by atoms with Crippen molar-refractivity contribution in [3.05, 3.63) is 54.1 Å². The van der Waals surface area contributed by atoms with Crippen LogP contribution in [0.15, 0.2) is 48.5 Å². The molecule has 0 bridgehead atoms. The zero-order chi connectivity index (χ0) is 13.0. The molecule has 3 N–H and O–H groups in total. The van der Waals surface area contributed by atoms with Gasteiger partial charge in [-0.15, -0.1) is 0 Å². The molecule has 18 heavy (non-hydrogen) atoms. The van der Waals surface area contributed by atoms with Crippen LogP contribution in [0.2, 0.25) is 0 Å². The quantitative estimate of drug-likeness (QED) is 0.721. The minimum atomic E-state index is -0.584. The van der Waals surface area contributed by atoms with Crippen molar-refractivity contribution in [3.8, 4) is 17.6 Å². The zero-order valence-corrected chi connectivity index (χ0v) is 9.54. The van der Waals surface area contributed by atoms with Gasteiger partial charge in [0.25, 0.3) is 0 Å². The van der Waals surface area contributed by atoms with E-state index in [1.807, 2.05) is 30.3 Å². The molecule has 0 heterocycles. The molecular formula is C14H12N2O2. The van der Waals surface area contributed by atoms with E-state index in [0.717, 1.165) is 5.69 Å². The molecule has 0 aromatic heterocycles. The summed E-state index contributed by atoms with van der Waals surface area (Å²) in [6.45, 7) is 0. The maximum atomic E-state index is 9.42. The van der Waals surface area contributed by atoms with E-state index < -0.39 is 6.04 Å². The Kier molecular flexibility index (Phi) is 3.35. The molecule has 4 heteroatoms. The molecule has 0 aliphatic heterocycles. The summed E-state index contributed by atoms with van der Waals surface area (Å²) in [4.78, 5) is 0. The van der Waals surface area contributed by atoms with Crippen LogP contribution in [0, 0.1) is 11.3 Å². The van der Waals surface area contributed by atoms with Gasteiger partial charge in [0.05, 0.1) is 6.07 Å². The van der Waals surface area contributed by atoms with Crippen LogP contribution in [-0.2, 0) is 0 Å². The molecule has 0 spiro atoms. The average Bonchev–Trinajstić information content (AvgIpc) is 2.40. The van der Waals surface area contributed by atoms with Gasteiger partial charge in [-0.2, -0.15) is 5.26 Å². The van der Waals surface area contributed by atoms with Gasteiger partial charge in [-0.25, -0.2) is 0 Å². The number of nitrogens with one attached hydrogen (secondary N) is 1. The second-order valence-electron chi connectivity index (χ2n) is 3.82.